The molecule has 1 aliphatic heterocycles. The van der Waals surface area contributed by atoms with E-state index in [0.29, 0.717) is 5.96 Å². The third-order valence-corrected chi connectivity index (χ3v) is 4.18. The third-order valence-electron chi connectivity index (χ3n) is 4.18. The largest absolute Gasteiger partial charge is 0.352 e. The molecule has 2 rings (SSSR count). The van der Waals surface area contributed by atoms with Gasteiger partial charge in [-0.15, -0.1) is 4.99 Å². The summed E-state index contributed by atoms with van der Waals surface area (Å²) >= 11 is 0. The van der Waals surface area contributed by atoms with Crippen LogP contribution in [-0.4, -0.2) is 33.3 Å². The summed E-state index contributed by atoms with van der Waals surface area (Å²) in [5.74, 6) is 0.432. The second-order valence-corrected chi connectivity index (χ2v) is 7.24. The minimum absolute atomic E-state index is 0.103. The first-order chi connectivity index (χ1) is 10.7. The van der Waals surface area contributed by atoms with Crippen LogP contribution < -0.4 is 10.6 Å². The average Bonchev–Trinajstić information content (AvgIpc) is 2.45. The molecule has 0 aliphatic carbocycles. The Balaban J connectivity index is 2.12. The predicted octanol–water partition coefficient (Wildman–Crippen LogP) is 2.94. The maximum absolute atomic E-state index is 10.4. The lowest BCUT2D eigenvalue weighted by molar-refractivity contribution is -0.245. The SMILES string of the molecule is CC1(C)CC(NC(=NC#N)Nc2ccccc2)CC(C)(C)N1O. The van der Waals surface area contributed by atoms with E-state index in [-0.39, 0.29) is 17.1 Å². The van der Waals surface area contributed by atoms with E-state index in [1.807, 2.05) is 64.2 Å². The topological polar surface area (TPSA) is 83.7 Å². The van der Waals surface area contributed by atoms with Crippen LogP contribution in [0.15, 0.2) is 35.3 Å². The van der Waals surface area contributed by atoms with Gasteiger partial charge in [0.15, 0.2) is 0 Å². The molecule has 1 aromatic rings. The number of rotatable bonds is 2. The van der Waals surface area contributed by atoms with Gasteiger partial charge in [0.05, 0.1) is 0 Å². The number of benzene rings is 1. The fraction of sp³-hybridized carbons (Fsp3) is 0.529. The molecule has 124 valence electrons. The van der Waals surface area contributed by atoms with Gasteiger partial charge in [0.25, 0.3) is 0 Å². The van der Waals surface area contributed by atoms with Gasteiger partial charge in [0.1, 0.15) is 0 Å². The molecule has 23 heavy (non-hydrogen) atoms. The van der Waals surface area contributed by atoms with Gasteiger partial charge in [0.2, 0.25) is 12.2 Å². The molecule has 3 N–H and O–H groups in total. The number of para-hydroxylation sites is 1. The molecule has 0 aromatic heterocycles. The lowest BCUT2D eigenvalue weighted by atomic mass is 9.79. The van der Waals surface area contributed by atoms with Crippen LogP contribution in [0, 0.1) is 11.5 Å². The van der Waals surface area contributed by atoms with Crippen molar-refractivity contribution in [3.8, 4) is 6.19 Å². The van der Waals surface area contributed by atoms with Gasteiger partial charge >= 0.3 is 0 Å². The molecule has 1 heterocycles. The van der Waals surface area contributed by atoms with Gasteiger partial charge in [-0.1, -0.05) is 18.2 Å². The molecule has 1 fully saturated rings. The number of guanidine groups is 1. The molecule has 0 saturated carbocycles. The van der Waals surface area contributed by atoms with Crippen LogP contribution in [0.4, 0.5) is 5.69 Å². The highest BCUT2D eigenvalue weighted by atomic mass is 16.5. The number of aliphatic imine (C=N–C) groups is 1. The number of hydrogen-bond acceptors (Lipinski definition) is 4. The molecule has 0 amide bonds. The van der Waals surface area contributed by atoms with Crippen molar-refractivity contribution in [2.45, 2.75) is 57.7 Å². The number of anilines is 1. The zero-order valence-electron chi connectivity index (χ0n) is 14.2. The maximum Gasteiger partial charge on any atom is 0.211 e. The lowest BCUT2D eigenvalue weighted by Crippen LogP contribution is -2.63. The van der Waals surface area contributed by atoms with E-state index in [2.05, 4.69) is 15.6 Å². The van der Waals surface area contributed by atoms with Gasteiger partial charge in [-0.3, -0.25) is 0 Å². The minimum Gasteiger partial charge on any atom is -0.352 e. The van der Waals surface area contributed by atoms with E-state index in [1.165, 1.54) is 5.06 Å². The zero-order valence-corrected chi connectivity index (χ0v) is 14.2. The van der Waals surface area contributed by atoms with Crippen molar-refractivity contribution in [3.05, 3.63) is 30.3 Å². The Morgan fingerprint density at radius 3 is 2.30 bits per heavy atom. The summed E-state index contributed by atoms with van der Waals surface area (Å²) < 4.78 is 0. The normalized spacial score (nSPS) is 21.5. The third kappa shape index (κ3) is 4.21. The summed E-state index contributed by atoms with van der Waals surface area (Å²) in [6, 6.07) is 9.71. The average molecular weight is 315 g/mol. The van der Waals surface area contributed by atoms with Crippen LogP contribution in [0.25, 0.3) is 0 Å². The van der Waals surface area contributed by atoms with Crippen LogP contribution >= 0.6 is 0 Å². The van der Waals surface area contributed by atoms with Crippen molar-refractivity contribution < 1.29 is 5.21 Å². The van der Waals surface area contributed by atoms with E-state index in [4.69, 9.17) is 5.26 Å². The lowest BCUT2D eigenvalue weighted by Gasteiger charge is -2.51. The number of nitriles is 1. The Labute approximate surface area is 137 Å². The number of nitrogens with zero attached hydrogens (tertiary/aromatic N) is 3. The van der Waals surface area contributed by atoms with Gasteiger partial charge in [-0.2, -0.15) is 10.3 Å². The number of piperidine rings is 1. The zero-order chi connectivity index (χ0) is 17.1. The van der Waals surface area contributed by atoms with Crippen molar-refractivity contribution in [3.63, 3.8) is 0 Å². The summed E-state index contributed by atoms with van der Waals surface area (Å²) in [7, 11) is 0. The van der Waals surface area contributed by atoms with Gasteiger partial charge in [-0.05, 0) is 52.7 Å². The van der Waals surface area contributed by atoms with Crippen molar-refractivity contribution in [2.24, 2.45) is 4.99 Å². The van der Waals surface area contributed by atoms with Crippen molar-refractivity contribution in [1.29, 1.82) is 5.26 Å². The Kier molecular flexibility index (Phi) is 4.93. The molecule has 0 spiro atoms. The first kappa shape index (κ1) is 17.3. The Morgan fingerprint density at radius 1 is 1.22 bits per heavy atom. The predicted molar refractivity (Wildman–Crippen MR) is 91.1 cm³/mol. The number of hydroxylamine groups is 2. The molecule has 0 atom stereocenters. The van der Waals surface area contributed by atoms with E-state index in [1.54, 1.807) is 0 Å². The quantitative estimate of drug-likeness (QED) is 0.444. The molecule has 0 radical (unpaired) electrons. The second-order valence-electron chi connectivity index (χ2n) is 7.24. The Hall–Kier alpha value is -2.10. The second kappa shape index (κ2) is 6.57. The first-order valence-corrected chi connectivity index (χ1v) is 7.79. The summed E-state index contributed by atoms with van der Waals surface area (Å²) in [4.78, 5) is 3.85. The van der Waals surface area contributed by atoms with Crippen LogP contribution in [0.5, 0.6) is 0 Å². The Morgan fingerprint density at radius 2 is 1.78 bits per heavy atom. The minimum atomic E-state index is -0.357. The van der Waals surface area contributed by atoms with Gasteiger partial charge < -0.3 is 15.8 Å². The van der Waals surface area contributed by atoms with E-state index in [0.717, 1.165) is 18.5 Å². The van der Waals surface area contributed by atoms with Crippen LogP contribution in [0.1, 0.15) is 40.5 Å². The van der Waals surface area contributed by atoms with Crippen molar-refractivity contribution in [1.82, 2.24) is 10.4 Å². The van der Waals surface area contributed by atoms with E-state index >= 15 is 0 Å². The monoisotopic (exact) mass is 315 g/mol. The highest BCUT2D eigenvalue weighted by Crippen LogP contribution is 2.36. The van der Waals surface area contributed by atoms with Crippen LogP contribution in [0.2, 0.25) is 0 Å². The summed E-state index contributed by atoms with van der Waals surface area (Å²) in [5.41, 5.74) is 0.153. The van der Waals surface area contributed by atoms with E-state index in [9.17, 15) is 5.21 Å². The molecule has 1 aliphatic rings. The molecule has 0 unspecified atom stereocenters. The molecule has 1 aromatic carbocycles. The number of hydrogen-bond donors (Lipinski definition) is 3. The standard InChI is InChI=1S/C17H25N5O/c1-16(2)10-14(11-17(3,4)22(16)23)21-15(19-12-18)20-13-8-6-5-7-9-13/h5-9,14,23H,10-11H2,1-4H3,(H2,19,20,21). The van der Waals surface area contributed by atoms with E-state index < -0.39 is 0 Å². The van der Waals surface area contributed by atoms with Gasteiger partial charge in [-0.25, -0.2) is 0 Å². The molecular formula is C17H25N5O. The van der Waals surface area contributed by atoms with Gasteiger partial charge in [0, 0.05) is 22.8 Å². The fourth-order valence-corrected chi connectivity index (χ4v) is 3.37. The highest BCUT2D eigenvalue weighted by molar-refractivity contribution is 5.94. The van der Waals surface area contributed by atoms with Crippen LogP contribution in [-0.2, 0) is 0 Å². The first-order valence-electron chi connectivity index (χ1n) is 7.79. The maximum atomic E-state index is 10.4. The summed E-state index contributed by atoms with van der Waals surface area (Å²) in [6.45, 7) is 8.03. The van der Waals surface area contributed by atoms with Crippen molar-refractivity contribution >= 4 is 11.6 Å². The molecule has 6 heteroatoms. The van der Waals surface area contributed by atoms with Crippen molar-refractivity contribution in [2.75, 3.05) is 5.32 Å². The molecular weight excluding hydrogens is 290 g/mol. The molecule has 0 bridgehead atoms. The Bertz CT molecular complexity index is 585. The number of nitrogens with one attached hydrogen (secondary N) is 2. The smallest absolute Gasteiger partial charge is 0.211 e. The molecule has 1 saturated heterocycles. The molecule has 6 nitrogen and oxygen atoms in total. The van der Waals surface area contributed by atoms with Crippen LogP contribution in [0.3, 0.4) is 0 Å². The highest BCUT2D eigenvalue weighted by Gasteiger charge is 2.45. The summed E-state index contributed by atoms with van der Waals surface area (Å²) in [6.07, 6.45) is 3.32. The fourth-order valence-electron chi connectivity index (χ4n) is 3.37. The summed E-state index contributed by atoms with van der Waals surface area (Å²) in [5, 5.41) is 27.2.